The number of rotatable bonds is 9. The van der Waals surface area contributed by atoms with Crippen molar-refractivity contribution < 1.29 is 24.2 Å². The maximum atomic E-state index is 13.2. The molecule has 0 amide bonds. The highest BCUT2D eigenvalue weighted by atomic mass is 16.5. The number of ketones is 1. The van der Waals surface area contributed by atoms with Gasteiger partial charge in [0.25, 0.3) is 0 Å². The van der Waals surface area contributed by atoms with Crippen LogP contribution >= 0.6 is 0 Å². The highest BCUT2D eigenvalue weighted by molar-refractivity contribution is 6.26. The molecule has 0 aliphatic carbocycles. The van der Waals surface area contributed by atoms with Crippen LogP contribution < -0.4 is 5.32 Å². The van der Waals surface area contributed by atoms with E-state index in [0.717, 1.165) is 23.1 Å². The number of aromatic nitrogens is 2. The topological polar surface area (TPSA) is 117 Å². The van der Waals surface area contributed by atoms with Crippen LogP contribution in [-0.4, -0.2) is 59.0 Å². The average molecular weight is 477 g/mol. The number of hydrogen-bond acceptors (Lipinski definition) is 8. The molecule has 1 aliphatic rings. The van der Waals surface area contributed by atoms with Crippen LogP contribution in [0.25, 0.3) is 17.1 Å². The third-order valence-electron chi connectivity index (χ3n) is 5.44. The van der Waals surface area contributed by atoms with Crippen LogP contribution in [0.1, 0.15) is 23.1 Å². The standard InChI is InChI=1S/C26H28N4O5/c1-16-12-17(15-30(2)3)7-8-20(16)29-25-22(26(33)34-11-5-10-31)23(32)21(35-25)13-18-14-28-24-19(18)6-4-9-27-24/h4,6-9,12-14,29,31H,5,10-11,15H2,1-3H3,(H,27,28)/b21-13-. The van der Waals surface area contributed by atoms with Gasteiger partial charge in [0.2, 0.25) is 11.7 Å². The number of nitrogens with one attached hydrogen (secondary N) is 2. The Morgan fingerprint density at radius 3 is 2.89 bits per heavy atom. The summed E-state index contributed by atoms with van der Waals surface area (Å²) in [7, 11) is 3.99. The number of nitrogens with zero attached hydrogens (tertiary/aromatic N) is 2. The lowest BCUT2D eigenvalue weighted by atomic mass is 10.1. The first-order valence-corrected chi connectivity index (χ1v) is 11.3. The molecule has 35 heavy (non-hydrogen) atoms. The van der Waals surface area contributed by atoms with Crippen molar-refractivity contribution in [2.45, 2.75) is 19.9 Å². The molecule has 4 rings (SSSR count). The van der Waals surface area contributed by atoms with E-state index < -0.39 is 11.8 Å². The van der Waals surface area contributed by atoms with Gasteiger partial charge in [0, 0.05) is 48.6 Å². The molecule has 2 aromatic heterocycles. The molecule has 0 saturated heterocycles. The van der Waals surface area contributed by atoms with Gasteiger partial charge in [-0.25, -0.2) is 9.78 Å². The van der Waals surface area contributed by atoms with Gasteiger partial charge in [-0.3, -0.25) is 4.79 Å². The maximum absolute atomic E-state index is 13.2. The monoisotopic (exact) mass is 476 g/mol. The Hall–Kier alpha value is -3.95. The number of Topliss-reactive ketones (excluding diaryl/α,β-unsaturated/α-hetero) is 1. The molecule has 0 saturated carbocycles. The van der Waals surface area contributed by atoms with Gasteiger partial charge in [0.15, 0.2) is 11.3 Å². The first-order chi connectivity index (χ1) is 16.9. The van der Waals surface area contributed by atoms with Crippen LogP contribution in [0.2, 0.25) is 0 Å². The molecule has 0 spiro atoms. The number of allylic oxidation sites excluding steroid dienone is 1. The van der Waals surface area contributed by atoms with Crippen molar-refractivity contribution in [2.75, 3.05) is 32.6 Å². The van der Waals surface area contributed by atoms with Crippen LogP contribution in [0, 0.1) is 6.92 Å². The number of anilines is 1. The van der Waals surface area contributed by atoms with Crippen molar-refractivity contribution in [3.8, 4) is 0 Å². The summed E-state index contributed by atoms with van der Waals surface area (Å²) in [6.07, 6.45) is 5.24. The molecule has 1 aromatic carbocycles. The largest absolute Gasteiger partial charge is 0.462 e. The van der Waals surface area contributed by atoms with Crippen molar-refractivity contribution in [1.82, 2.24) is 14.9 Å². The average Bonchev–Trinajstić information content (AvgIpc) is 3.36. The van der Waals surface area contributed by atoms with E-state index in [-0.39, 0.29) is 36.8 Å². The summed E-state index contributed by atoms with van der Waals surface area (Å²) < 4.78 is 11.1. The van der Waals surface area contributed by atoms with Gasteiger partial charge >= 0.3 is 5.97 Å². The number of benzene rings is 1. The van der Waals surface area contributed by atoms with Crippen LogP contribution in [0.15, 0.2) is 59.9 Å². The molecular formula is C26H28N4O5. The molecule has 0 bridgehead atoms. The van der Waals surface area contributed by atoms with Crippen LogP contribution in [0.3, 0.4) is 0 Å². The van der Waals surface area contributed by atoms with E-state index in [2.05, 4.69) is 20.2 Å². The Balaban J connectivity index is 1.65. The van der Waals surface area contributed by atoms with Crippen molar-refractivity contribution in [3.63, 3.8) is 0 Å². The predicted octanol–water partition coefficient (Wildman–Crippen LogP) is 3.12. The maximum Gasteiger partial charge on any atom is 0.347 e. The fraction of sp³-hybridized carbons (Fsp3) is 0.269. The summed E-state index contributed by atoms with van der Waals surface area (Å²) in [5.41, 5.74) is 3.93. The second kappa shape index (κ2) is 10.5. The Bertz CT molecular complexity index is 1320. The van der Waals surface area contributed by atoms with E-state index in [9.17, 15) is 9.59 Å². The van der Waals surface area contributed by atoms with Gasteiger partial charge in [0.1, 0.15) is 5.65 Å². The first-order valence-electron chi connectivity index (χ1n) is 11.3. The highest BCUT2D eigenvalue weighted by Crippen LogP contribution is 2.31. The second-order valence-corrected chi connectivity index (χ2v) is 8.51. The molecule has 9 heteroatoms. The number of hydrogen-bond donors (Lipinski definition) is 3. The van der Waals surface area contributed by atoms with E-state index >= 15 is 0 Å². The normalized spacial score (nSPS) is 14.8. The number of carbonyl (C=O) groups is 2. The van der Waals surface area contributed by atoms with Gasteiger partial charge in [-0.15, -0.1) is 0 Å². The minimum absolute atomic E-state index is 0.00626. The number of ether oxygens (including phenoxy) is 2. The number of aryl methyl sites for hydroxylation is 1. The number of fused-ring (bicyclic) bond motifs is 1. The van der Waals surface area contributed by atoms with Crippen LogP contribution in [0.4, 0.5) is 5.69 Å². The zero-order chi connectivity index (χ0) is 24.9. The van der Waals surface area contributed by atoms with Gasteiger partial charge in [-0.05, 0) is 56.4 Å². The van der Waals surface area contributed by atoms with Crippen molar-refractivity contribution in [3.05, 3.63) is 76.6 Å². The summed E-state index contributed by atoms with van der Waals surface area (Å²) in [6, 6.07) is 9.57. The number of esters is 1. The summed E-state index contributed by atoms with van der Waals surface area (Å²) in [6.45, 7) is 2.59. The van der Waals surface area contributed by atoms with Crippen molar-refractivity contribution in [2.24, 2.45) is 0 Å². The fourth-order valence-corrected chi connectivity index (χ4v) is 3.79. The van der Waals surface area contributed by atoms with E-state index in [1.807, 2.05) is 45.3 Å². The number of aliphatic hydroxyl groups is 1. The van der Waals surface area contributed by atoms with E-state index in [0.29, 0.717) is 16.9 Å². The van der Waals surface area contributed by atoms with E-state index in [1.54, 1.807) is 24.5 Å². The lowest BCUT2D eigenvalue weighted by molar-refractivity contribution is -0.140. The van der Waals surface area contributed by atoms with Crippen LogP contribution in [0.5, 0.6) is 0 Å². The fourth-order valence-electron chi connectivity index (χ4n) is 3.79. The quantitative estimate of drug-likeness (QED) is 0.187. The smallest absolute Gasteiger partial charge is 0.347 e. The molecule has 9 nitrogen and oxygen atoms in total. The summed E-state index contributed by atoms with van der Waals surface area (Å²) in [5, 5.41) is 12.9. The minimum Gasteiger partial charge on any atom is -0.462 e. The van der Waals surface area contributed by atoms with Crippen molar-refractivity contribution in [1.29, 1.82) is 0 Å². The Labute approximate surface area is 203 Å². The molecule has 0 unspecified atom stereocenters. The predicted molar refractivity (Wildman–Crippen MR) is 132 cm³/mol. The lowest BCUT2D eigenvalue weighted by Crippen LogP contribution is -2.17. The molecule has 3 N–H and O–H groups in total. The molecular weight excluding hydrogens is 448 g/mol. The van der Waals surface area contributed by atoms with Gasteiger partial charge in [-0.1, -0.05) is 12.1 Å². The Kier molecular flexibility index (Phi) is 7.28. The lowest BCUT2D eigenvalue weighted by Gasteiger charge is -2.14. The second-order valence-electron chi connectivity index (χ2n) is 8.51. The number of aliphatic hydroxyl groups excluding tert-OH is 1. The van der Waals surface area contributed by atoms with Crippen LogP contribution in [-0.2, 0) is 25.6 Å². The first kappa shape index (κ1) is 24.2. The highest BCUT2D eigenvalue weighted by Gasteiger charge is 2.37. The summed E-state index contributed by atoms with van der Waals surface area (Å²) in [4.78, 5) is 35.4. The van der Waals surface area contributed by atoms with Gasteiger partial charge in [0.05, 0.1) is 6.61 Å². The zero-order valence-corrected chi connectivity index (χ0v) is 19.9. The number of pyridine rings is 1. The molecule has 3 aromatic rings. The number of H-pyrrole nitrogens is 1. The number of aromatic amines is 1. The van der Waals surface area contributed by atoms with E-state index in [1.165, 1.54) is 0 Å². The third kappa shape index (κ3) is 5.42. The SMILES string of the molecule is Cc1cc(CN(C)C)ccc1NC1=C(C(=O)OCCCO)C(=O)/C(=C/c2c[nH]c3ncccc23)O1. The molecule has 3 heterocycles. The molecule has 182 valence electrons. The van der Waals surface area contributed by atoms with Gasteiger partial charge < -0.3 is 29.8 Å². The molecule has 1 aliphatic heterocycles. The zero-order valence-electron chi connectivity index (χ0n) is 19.9. The Morgan fingerprint density at radius 1 is 1.31 bits per heavy atom. The summed E-state index contributed by atoms with van der Waals surface area (Å²) in [5.74, 6) is -1.39. The Morgan fingerprint density at radius 2 is 2.14 bits per heavy atom. The van der Waals surface area contributed by atoms with Gasteiger partial charge in [-0.2, -0.15) is 0 Å². The third-order valence-corrected chi connectivity index (χ3v) is 5.44. The summed E-state index contributed by atoms with van der Waals surface area (Å²) >= 11 is 0. The molecule has 0 atom stereocenters. The minimum atomic E-state index is -0.808. The van der Waals surface area contributed by atoms with E-state index in [4.69, 9.17) is 14.6 Å². The molecule has 0 fully saturated rings. The number of carbonyl (C=O) groups excluding carboxylic acids is 2. The van der Waals surface area contributed by atoms with Crippen molar-refractivity contribution >= 4 is 34.5 Å². The molecule has 0 radical (unpaired) electrons.